The van der Waals surface area contributed by atoms with Gasteiger partial charge in [-0.3, -0.25) is 4.79 Å². The average molecular weight is 426 g/mol. The number of sulfonamides is 1. The molecule has 5 nitrogen and oxygen atoms in total. The Balaban J connectivity index is 1.43. The molecule has 2 aromatic carbocycles. The van der Waals surface area contributed by atoms with Crippen LogP contribution in [0.1, 0.15) is 30.4 Å². The molecular formula is C24H27NO4S. The van der Waals surface area contributed by atoms with Gasteiger partial charge < -0.3 is 4.74 Å². The Hall–Kier alpha value is -2.44. The Morgan fingerprint density at radius 3 is 2.57 bits per heavy atom. The summed E-state index contributed by atoms with van der Waals surface area (Å²) in [4.78, 5) is 13.1. The summed E-state index contributed by atoms with van der Waals surface area (Å²) in [5.41, 5.74) is 3.09. The molecule has 4 rings (SSSR count). The fourth-order valence-corrected chi connectivity index (χ4v) is 5.74. The highest BCUT2D eigenvalue weighted by Gasteiger charge is 2.37. The molecule has 0 radical (unpaired) electrons. The summed E-state index contributed by atoms with van der Waals surface area (Å²) >= 11 is 0. The zero-order chi connectivity index (χ0) is 21.1. The third-order valence-corrected chi connectivity index (χ3v) is 7.93. The van der Waals surface area contributed by atoms with Crippen molar-refractivity contribution < 1.29 is 17.9 Å². The van der Waals surface area contributed by atoms with Crippen LogP contribution in [0.2, 0.25) is 0 Å². The maximum Gasteiger partial charge on any atom is 0.309 e. The van der Waals surface area contributed by atoms with Gasteiger partial charge in [-0.15, -0.1) is 0 Å². The van der Waals surface area contributed by atoms with Crippen molar-refractivity contribution in [2.45, 2.75) is 37.7 Å². The number of hydrogen-bond acceptors (Lipinski definition) is 4. The van der Waals surface area contributed by atoms with Crippen molar-refractivity contribution in [3.8, 4) is 0 Å². The van der Waals surface area contributed by atoms with E-state index in [1.807, 2.05) is 55.5 Å². The minimum absolute atomic E-state index is 0.117. The highest BCUT2D eigenvalue weighted by atomic mass is 32.2. The maximum atomic E-state index is 13.1. The Morgan fingerprint density at radius 1 is 1.10 bits per heavy atom. The van der Waals surface area contributed by atoms with E-state index in [4.69, 9.17) is 4.74 Å². The van der Waals surface area contributed by atoms with Crippen LogP contribution >= 0.6 is 0 Å². The second kappa shape index (κ2) is 8.74. The average Bonchev–Trinajstić information content (AvgIpc) is 2.92. The van der Waals surface area contributed by atoms with E-state index in [2.05, 4.69) is 0 Å². The molecule has 30 heavy (non-hydrogen) atoms. The van der Waals surface area contributed by atoms with Crippen LogP contribution in [0.4, 0.5) is 0 Å². The lowest BCUT2D eigenvalue weighted by molar-refractivity contribution is -0.152. The molecule has 158 valence electrons. The number of esters is 1. The first kappa shape index (κ1) is 20.8. The van der Waals surface area contributed by atoms with Gasteiger partial charge in [0.1, 0.15) is 6.61 Å². The van der Waals surface area contributed by atoms with E-state index < -0.39 is 10.0 Å². The normalized spacial score (nSPS) is 22.1. The molecule has 2 atom stereocenters. The number of carbonyl (C=O) groups excluding carboxylic acids is 1. The first-order chi connectivity index (χ1) is 14.4. The van der Waals surface area contributed by atoms with E-state index in [9.17, 15) is 13.2 Å². The molecule has 2 aromatic rings. The minimum Gasteiger partial charge on any atom is -0.461 e. The summed E-state index contributed by atoms with van der Waals surface area (Å²) in [7, 11) is -3.55. The van der Waals surface area contributed by atoms with Crippen LogP contribution in [-0.2, 0) is 26.2 Å². The molecule has 0 amide bonds. The van der Waals surface area contributed by atoms with Crippen molar-refractivity contribution in [1.29, 1.82) is 0 Å². The SMILES string of the molecule is Cc1ccc(S(=O)(=O)N2CC[C@H]3CC(=CC[C@@H]3C(=O)OCc3ccccc3)C2)cc1. The van der Waals surface area contributed by atoms with Gasteiger partial charge in [-0.05, 0) is 49.8 Å². The molecule has 2 bridgehead atoms. The lowest BCUT2D eigenvalue weighted by atomic mass is 9.78. The Morgan fingerprint density at radius 2 is 1.83 bits per heavy atom. The molecule has 6 heteroatoms. The number of hydrogen-bond donors (Lipinski definition) is 0. The number of aryl methyl sites for hydroxylation is 1. The largest absolute Gasteiger partial charge is 0.461 e. The van der Waals surface area contributed by atoms with Crippen LogP contribution in [0.15, 0.2) is 71.1 Å². The number of fused-ring (bicyclic) bond motifs is 2. The summed E-state index contributed by atoms with van der Waals surface area (Å²) in [6, 6.07) is 16.6. The van der Waals surface area contributed by atoms with Crippen molar-refractivity contribution in [3.63, 3.8) is 0 Å². The van der Waals surface area contributed by atoms with Crippen molar-refractivity contribution in [2.75, 3.05) is 13.1 Å². The summed E-state index contributed by atoms with van der Waals surface area (Å²) in [5.74, 6) is -0.278. The molecule has 0 unspecified atom stereocenters. The number of rotatable bonds is 5. The van der Waals surface area contributed by atoms with Gasteiger partial charge in [0.2, 0.25) is 10.0 Å². The third-order valence-electron chi connectivity index (χ3n) is 6.07. The Labute approximate surface area is 178 Å². The van der Waals surface area contributed by atoms with Gasteiger partial charge in [0.05, 0.1) is 10.8 Å². The van der Waals surface area contributed by atoms with E-state index in [1.165, 1.54) is 0 Å². The molecular weight excluding hydrogens is 398 g/mol. The van der Waals surface area contributed by atoms with E-state index in [0.29, 0.717) is 30.8 Å². The van der Waals surface area contributed by atoms with Crippen LogP contribution in [-0.4, -0.2) is 31.8 Å². The number of carbonyl (C=O) groups is 1. The molecule has 0 saturated carbocycles. The zero-order valence-electron chi connectivity index (χ0n) is 17.2. The fourth-order valence-electron chi connectivity index (χ4n) is 4.29. The second-order valence-electron chi connectivity index (χ2n) is 8.20. The van der Waals surface area contributed by atoms with Gasteiger partial charge in [-0.25, -0.2) is 8.42 Å². The van der Waals surface area contributed by atoms with E-state index in [-0.39, 0.29) is 24.4 Å². The Kier molecular flexibility index (Phi) is 6.06. The predicted molar refractivity (Wildman–Crippen MR) is 115 cm³/mol. The minimum atomic E-state index is -3.55. The first-order valence-electron chi connectivity index (χ1n) is 10.4. The lowest BCUT2D eigenvalue weighted by Crippen LogP contribution is -2.32. The van der Waals surface area contributed by atoms with Gasteiger partial charge in [0, 0.05) is 13.1 Å². The zero-order valence-corrected chi connectivity index (χ0v) is 18.0. The van der Waals surface area contributed by atoms with E-state index in [1.54, 1.807) is 16.4 Å². The summed E-state index contributed by atoms with van der Waals surface area (Å²) in [5, 5.41) is 0. The first-order valence-corrected chi connectivity index (χ1v) is 11.8. The number of allylic oxidation sites excluding steroid dienone is 1. The smallest absolute Gasteiger partial charge is 0.309 e. The highest BCUT2D eigenvalue weighted by Crippen LogP contribution is 2.37. The molecule has 1 saturated heterocycles. The molecule has 0 N–H and O–H groups in total. The van der Waals surface area contributed by atoms with Gasteiger partial charge >= 0.3 is 5.97 Å². The monoisotopic (exact) mass is 425 g/mol. The van der Waals surface area contributed by atoms with E-state index in [0.717, 1.165) is 23.1 Å². The van der Waals surface area contributed by atoms with Crippen molar-refractivity contribution in [3.05, 3.63) is 77.4 Å². The molecule has 1 aliphatic carbocycles. The summed E-state index contributed by atoms with van der Waals surface area (Å²) in [6.07, 6.45) is 4.07. The fraction of sp³-hybridized carbons (Fsp3) is 0.375. The van der Waals surface area contributed by atoms with Crippen LogP contribution in [0.3, 0.4) is 0 Å². The van der Waals surface area contributed by atoms with Gasteiger partial charge in [-0.2, -0.15) is 4.31 Å². The van der Waals surface area contributed by atoms with Crippen LogP contribution in [0, 0.1) is 18.8 Å². The standard InChI is InChI=1S/C24H27NO4S/c1-18-7-10-22(11-8-18)30(27,28)25-14-13-21-15-20(16-25)9-12-23(21)24(26)29-17-19-5-3-2-4-6-19/h2-11,21,23H,12-17H2,1H3/t21-,23-/m0/s1. The molecule has 0 spiro atoms. The number of nitrogens with zero attached hydrogens (tertiary/aromatic N) is 1. The third kappa shape index (κ3) is 4.50. The van der Waals surface area contributed by atoms with Crippen molar-refractivity contribution >= 4 is 16.0 Å². The van der Waals surface area contributed by atoms with Crippen LogP contribution in [0.5, 0.6) is 0 Å². The number of ether oxygens (including phenoxy) is 1. The number of benzene rings is 2. The van der Waals surface area contributed by atoms with Crippen LogP contribution in [0.25, 0.3) is 0 Å². The molecule has 0 aromatic heterocycles. The quantitative estimate of drug-likeness (QED) is 0.535. The van der Waals surface area contributed by atoms with Gasteiger partial charge in [0.15, 0.2) is 0 Å². The second-order valence-corrected chi connectivity index (χ2v) is 10.1. The summed E-state index contributed by atoms with van der Waals surface area (Å²) < 4.78 is 33.4. The summed E-state index contributed by atoms with van der Waals surface area (Å²) in [6.45, 7) is 3.03. The maximum absolute atomic E-state index is 13.1. The topological polar surface area (TPSA) is 63.7 Å². The van der Waals surface area contributed by atoms with Crippen molar-refractivity contribution in [1.82, 2.24) is 4.31 Å². The van der Waals surface area contributed by atoms with Crippen LogP contribution < -0.4 is 0 Å². The molecule has 2 aliphatic rings. The Bertz CT molecular complexity index is 1030. The van der Waals surface area contributed by atoms with E-state index >= 15 is 0 Å². The van der Waals surface area contributed by atoms with Crippen molar-refractivity contribution in [2.24, 2.45) is 11.8 Å². The highest BCUT2D eigenvalue weighted by molar-refractivity contribution is 7.89. The van der Waals surface area contributed by atoms with Gasteiger partial charge in [0.25, 0.3) is 0 Å². The molecule has 1 aliphatic heterocycles. The van der Waals surface area contributed by atoms with Gasteiger partial charge in [-0.1, -0.05) is 59.7 Å². The lowest BCUT2D eigenvalue weighted by Gasteiger charge is -2.27. The molecule has 1 fully saturated rings. The molecule has 1 heterocycles. The predicted octanol–water partition coefficient (Wildman–Crippen LogP) is 4.09.